The summed E-state index contributed by atoms with van der Waals surface area (Å²) in [7, 11) is 0. The molecule has 104 valence electrons. The number of amides is 1. The number of halogens is 1. The van der Waals surface area contributed by atoms with E-state index >= 15 is 0 Å². The molecule has 1 aromatic rings. The van der Waals surface area contributed by atoms with E-state index in [4.69, 9.17) is 10.8 Å². The number of carbonyl (C=O) groups excluding carboxylic acids is 1. The first-order valence-electron chi connectivity index (χ1n) is 5.94. The second-order valence-corrected chi connectivity index (χ2v) is 4.32. The lowest BCUT2D eigenvalue weighted by molar-refractivity contribution is -0.138. The van der Waals surface area contributed by atoms with Crippen molar-refractivity contribution >= 4 is 17.6 Å². The van der Waals surface area contributed by atoms with Crippen LogP contribution in [-0.4, -0.2) is 34.5 Å². The van der Waals surface area contributed by atoms with Gasteiger partial charge in [0.2, 0.25) is 0 Å². The number of aliphatic carboxylic acids is 1. The van der Waals surface area contributed by atoms with Crippen LogP contribution in [0.1, 0.15) is 30.6 Å². The molecule has 5 nitrogen and oxygen atoms in total. The summed E-state index contributed by atoms with van der Waals surface area (Å²) in [6.07, 6.45) is 0.592. The van der Waals surface area contributed by atoms with Crippen LogP contribution in [0.2, 0.25) is 0 Å². The molecule has 0 fully saturated rings. The van der Waals surface area contributed by atoms with E-state index in [0.29, 0.717) is 6.42 Å². The third-order valence-corrected chi connectivity index (χ3v) is 2.94. The van der Waals surface area contributed by atoms with Crippen LogP contribution in [0.5, 0.6) is 0 Å². The predicted molar refractivity (Wildman–Crippen MR) is 69.2 cm³/mol. The lowest BCUT2D eigenvalue weighted by atomic mass is 10.1. The van der Waals surface area contributed by atoms with Crippen molar-refractivity contribution < 1.29 is 19.1 Å². The summed E-state index contributed by atoms with van der Waals surface area (Å²) in [6, 6.07) is 3.19. The third-order valence-electron chi connectivity index (χ3n) is 2.94. The Morgan fingerprint density at radius 3 is 2.63 bits per heavy atom. The molecule has 0 aliphatic heterocycles. The van der Waals surface area contributed by atoms with Gasteiger partial charge in [0.25, 0.3) is 5.91 Å². The molecular weight excluding hydrogens is 251 g/mol. The molecule has 0 aromatic heterocycles. The molecule has 0 saturated carbocycles. The Labute approximate surface area is 110 Å². The molecule has 0 saturated heterocycles. The summed E-state index contributed by atoms with van der Waals surface area (Å²) in [5, 5.41) is 8.85. The molecule has 0 radical (unpaired) electrons. The van der Waals surface area contributed by atoms with Gasteiger partial charge in [0.05, 0.1) is 5.56 Å². The Bertz CT molecular complexity index is 491. The van der Waals surface area contributed by atoms with Gasteiger partial charge in [-0.3, -0.25) is 9.59 Å². The highest BCUT2D eigenvalue weighted by molar-refractivity contribution is 6.00. The van der Waals surface area contributed by atoms with Crippen LogP contribution in [0.4, 0.5) is 10.1 Å². The van der Waals surface area contributed by atoms with Gasteiger partial charge in [-0.2, -0.15) is 0 Å². The molecule has 0 bridgehead atoms. The molecule has 0 heterocycles. The van der Waals surface area contributed by atoms with Crippen LogP contribution >= 0.6 is 0 Å². The monoisotopic (exact) mass is 268 g/mol. The number of nitrogens with two attached hydrogens (primary N) is 1. The van der Waals surface area contributed by atoms with E-state index in [-0.39, 0.29) is 17.3 Å². The second kappa shape index (κ2) is 6.17. The van der Waals surface area contributed by atoms with Crippen LogP contribution < -0.4 is 5.73 Å². The van der Waals surface area contributed by atoms with Crippen LogP contribution in [0.25, 0.3) is 0 Å². The third kappa shape index (κ3) is 3.67. The molecule has 0 aliphatic carbocycles. The Kier molecular flexibility index (Phi) is 4.86. The smallest absolute Gasteiger partial charge is 0.323 e. The van der Waals surface area contributed by atoms with Crippen molar-refractivity contribution in [3.05, 3.63) is 29.6 Å². The normalized spacial score (nSPS) is 11.9. The van der Waals surface area contributed by atoms with Crippen molar-refractivity contribution in [2.24, 2.45) is 0 Å². The van der Waals surface area contributed by atoms with E-state index in [9.17, 15) is 14.0 Å². The fourth-order valence-corrected chi connectivity index (χ4v) is 1.66. The molecular formula is C13H17FN2O3. The minimum atomic E-state index is -1.12. The van der Waals surface area contributed by atoms with Crippen molar-refractivity contribution in [1.82, 2.24) is 4.90 Å². The number of nitrogens with zero attached hydrogens (tertiary/aromatic N) is 1. The number of carboxylic acids is 1. The van der Waals surface area contributed by atoms with Crippen molar-refractivity contribution in [3.63, 3.8) is 0 Å². The van der Waals surface area contributed by atoms with E-state index in [1.54, 1.807) is 6.92 Å². The van der Waals surface area contributed by atoms with E-state index in [1.807, 2.05) is 6.92 Å². The van der Waals surface area contributed by atoms with Gasteiger partial charge < -0.3 is 15.7 Å². The second-order valence-electron chi connectivity index (χ2n) is 4.32. The van der Waals surface area contributed by atoms with Crippen LogP contribution in [0.3, 0.4) is 0 Å². The summed E-state index contributed by atoms with van der Waals surface area (Å²) >= 11 is 0. The maximum atomic E-state index is 13.2. The van der Waals surface area contributed by atoms with Crippen LogP contribution in [0.15, 0.2) is 18.2 Å². The number of hydrogen-bond donors (Lipinski definition) is 2. The van der Waals surface area contributed by atoms with E-state index in [0.717, 1.165) is 12.1 Å². The summed E-state index contributed by atoms with van der Waals surface area (Å²) in [4.78, 5) is 24.3. The Morgan fingerprint density at radius 2 is 2.11 bits per heavy atom. The summed E-state index contributed by atoms with van der Waals surface area (Å²) < 4.78 is 13.2. The quantitative estimate of drug-likeness (QED) is 0.797. The zero-order valence-corrected chi connectivity index (χ0v) is 10.9. The van der Waals surface area contributed by atoms with E-state index < -0.39 is 24.2 Å². The number of benzene rings is 1. The highest BCUT2D eigenvalue weighted by atomic mass is 19.1. The Morgan fingerprint density at radius 1 is 1.47 bits per heavy atom. The van der Waals surface area contributed by atoms with Crippen molar-refractivity contribution in [3.8, 4) is 0 Å². The summed E-state index contributed by atoms with van der Waals surface area (Å²) in [6.45, 7) is 3.13. The van der Waals surface area contributed by atoms with Crippen molar-refractivity contribution in [2.75, 3.05) is 12.3 Å². The van der Waals surface area contributed by atoms with Gasteiger partial charge in [-0.25, -0.2) is 4.39 Å². The van der Waals surface area contributed by atoms with Gasteiger partial charge in [-0.15, -0.1) is 0 Å². The van der Waals surface area contributed by atoms with Gasteiger partial charge in [0, 0.05) is 11.7 Å². The molecule has 1 atom stereocenters. The van der Waals surface area contributed by atoms with Gasteiger partial charge in [0.1, 0.15) is 12.4 Å². The molecule has 0 spiro atoms. The maximum absolute atomic E-state index is 13.2. The zero-order valence-electron chi connectivity index (χ0n) is 10.9. The molecule has 1 unspecified atom stereocenters. The first kappa shape index (κ1) is 14.9. The summed E-state index contributed by atoms with van der Waals surface area (Å²) in [5.74, 6) is -2.28. The topological polar surface area (TPSA) is 83.6 Å². The van der Waals surface area contributed by atoms with E-state index in [2.05, 4.69) is 0 Å². The summed E-state index contributed by atoms with van der Waals surface area (Å²) in [5.41, 5.74) is 5.76. The average molecular weight is 268 g/mol. The van der Waals surface area contributed by atoms with Gasteiger partial charge in [0.15, 0.2) is 0 Å². The fraction of sp³-hybridized carbons (Fsp3) is 0.385. The Balaban J connectivity index is 3.11. The maximum Gasteiger partial charge on any atom is 0.323 e. The number of hydrogen-bond acceptors (Lipinski definition) is 3. The number of anilines is 1. The van der Waals surface area contributed by atoms with Crippen molar-refractivity contribution in [2.45, 2.75) is 26.3 Å². The molecule has 19 heavy (non-hydrogen) atoms. The largest absolute Gasteiger partial charge is 0.480 e. The predicted octanol–water partition coefficient (Wildman–Crippen LogP) is 1.73. The lowest BCUT2D eigenvalue weighted by Crippen LogP contribution is -2.42. The zero-order chi connectivity index (χ0) is 14.6. The van der Waals surface area contributed by atoms with Gasteiger partial charge >= 0.3 is 5.97 Å². The minimum Gasteiger partial charge on any atom is -0.480 e. The van der Waals surface area contributed by atoms with Gasteiger partial charge in [-0.05, 0) is 31.5 Å². The van der Waals surface area contributed by atoms with Gasteiger partial charge in [-0.1, -0.05) is 6.92 Å². The molecule has 3 N–H and O–H groups in total. The number of nitrogen functional groups attached to an aromatic ring is 1. The Hall–Kier alpha value is -2.11. The van der Waals surface area contributed by atoms with E-state index in [1.165, 1.54) is 11.0 Å². The standard InChI is InChI=1S/C13H17FN2O3/c1-3-8(2)16(7-12(17)18)13(19)10-6-9(14)4-5-11(10)15/h4-6,8H,3,7,15H2,1-2H3,(H,17,18). The molecule has 1 amide bonds. The number of carbonyl (C=O) groups is 2. The fourth-order valence-electron chi connectivity index (χ4n) is 1.66. The van der Waals surface area contributed by atoms with Crippen LogP contribution in [0, 0.1) is 5.82 Å². The lowest BCUT2D eigenvalue weighted by Gasteiger charge is -2.27. The molecule has 6 heteroatoms. The van der Waals surface area contributed by atoms with Crippen LogP contribution in [-0.2, 0) is 4.79 Å². The SMILES string of the molecule is CCC(C)N(CC(=O)O)C(=O)c1cc(F)ccc1N. The molecule has 1 aromatic carbocycles. The molecule has 0 aliphatic rings. The number of rotatable bonds is 5. The highest BCUT2D eigenvalue weighted by Gasteiger charge is 2.24. The van der Waals surface area contributed by atoms with Crippen molar-refractivity contribution in [1.29, 1.82) is 0 Å². The number of carboxylic acid groups (broad SMARTS) is 1. The molecule has 1 rings (SSSR count). The highest BCUT2D eigenvalue weighted by Crippen LogP contribution is 2.18. The average Bonchev–Trinajstić information content (AvgIpc) is 2.37. The first-order chi connectivity index (χ1) is 8.86. The minimum absolute atomic E-state index is 0.0125. The first-order valence-corrected chi connectivity index (χ1v) is 5.94.